The zero-order chi connectivity index (χ0) is 12.1. The number of carbonyl (C=O) groups excluding carboxylic acids is 1. The topological polar surface area (TPSA) is 72.5 Å². The molecule has 4 heteroatoms. The van der Waals surface area contributed by atoms with Crippen LogP contribution in [0.2, 0.25) is 0 Å². The van der Waals surface area contributed by atoms with Gasteiger partial charge in [-0.2, -0.15) is 0 Å². The normalized spacial score (nSPS) is 12.2. The van der Waals surface area contributed by atoms with E-state index >= 15 is 0 Å². The molecule has 0 aromatic heterocycles. The van der Waals surface area contributed by atoms with Crippen molar-refractivity contribution in [2.24, 2.45) is 5.73 Å². The second-order valence-electron chi connectivity index (χ2n) is 3.86. The van der Waals surface area contributed by atoms with Gasteiger partial charge in [-0.1, -0.05) is 6.07 Å². The fourth-order valence-electron chi connectivity index (χ4n) is 1.41. The van der Waals surface area contributed by atoms with Crippen LogP contribution in [0.5, 0.6) is 5.75 Å². The molecule has 0 radical (unpaired) electrons. The average molecular weight is 223 g/mol. The van der Waals surface area contributed by atoms with Crippen molar-refractivity contribution in [3.8, 4) is 5.75 Å². The largest absolute Gasteiger partial charge is 0.507 e. The Bertz CT molecular complexity index is 375. The van der Waals surface area contributed by atoms with E-state index in [4.69, 9.17) is 5.73 Å². The summed E-state index contributed by atoms with van der Waals surface area (Å²) in [7, 11) is 1.29. The fraction of sp³-hybridized carbons (Fsp3) is 0.417. The van der Waals surface area contributed by atoms with Gasteiger partial charge in [0.1, 0.15) is 11.3 Å². The lowest BCUT2D eigenvalue weighted by Gasteiger charge is -2.07. The van der Waals surface area contributed by atoms with Gasteiger partial charge in [0.2, 0.25) is 0 Å². The first-order chi connectivity index (χ1) is 7.54. The van der Waals surface area contributed by atoms with Crippen LogP contribution in [-0.2, 0) is 11.2 Å². The number of esters is 1. The summed E-state index contributed by atoms with van der Waals surface area (Å²) in [4.78, 5) is 11.3. The van der Waals surface area contributed by atoms with Gasteiger partial charge >= 0.3 is 5.97 Å². The molecule has 0 aliphatic carbocycles. The molecule has 0 spiro atoms. The summed E-state index contributed by atoms with van der Waals surface area (Å²) >= 11 is 0. The number of aryl methyl sites for hydroxylation is 1. The van der Waals surface area contributed by atoms with Crippen LogP contribution in [0.1, 0.15) is 29.3 Å². The van der Waals surface area contributed by atoms with Gasteiger partial charge in [-0.15, -0.1) is 0 Å². The van der Waals surface area contributed by atoms with Gasteiger partial charge in [0, 0.05) is 6.04 Å². The molecule has 0 heterocycles. The standard InChI is InChI=1S/C12H17NO3/c1-8(13)3-4-9-5-6-11(14)10(7-9)12(15)16-2/h5-8,14H,3-4,13H2,1-2H3/t8-/m0/s1. The molecule has 3 N–H and O–H groups in total. The molecular formula is C12H17NO3. The molecule has 0 aliphatic heterocycles. The van der Waals surface area contributed by atoms with Crippen LogP contribution in [0, 0.1) is 0 Å². The number of rotatable bonds is 4. The summed E-state index contributed by atoms with van der Waals surface area (Å²) in [6, 6.07) is 5.05. The number of aromatic hydroxyl groups is 1. The van der Waals surface area contributed by atoms with E-state index < -0.39 is 5.97 Å². The average Bonchev–Trinajstić information content (AvgIpc) is 2.27. The Hall–Kier alpha value is -1.55. The van der Waals surface area contributed by atoms with Crippen LogP contribution < -0.4 is 5.73 Å². The van der Waals surface area contributed by atoms with Crippen molar-refractivity contribution in [1.29, 1.82) is 0 Å². The second kappa shape index (κ2) is 5.51. The molecule has 0 amide bonds. The number of methoxy groups -OCH3 is 1. The van der Waals surface area contributed by atoms with Crippen LogP contribution >= 0.6 is 0 Å². The smallest absolute Gasteiger partial charge is 0.341 e. The summed E-state index contributed by atoms with van der Waals surface area (Å²) in [6.45, 7) is 1.93. The molecule has 0 saturated carbocycles. The minimum Gasteiger partial charge on any atom is -0.507 e. The van der Waals surface area contributed by atoms with E-state index in [0.29, 0.717) is 0 Å². The molecule has 1 atom stereocenters. The quantitative estimate of drug-likeness (QED) is 0.758. The maximum Gasteiger partial charge on any atom is 0.341 e. The van der Waals surface area contributed by atoms with Crippen molar-refractivity contribution in [2.75, 3.05) is 7.11 Å². The highest BCUT2D eigenvalue weighted by atomic mass is 16.5. The summed E-state index contributed by atoms with van der Waals surface area (Å²) in [5.74, 6) is -0.587. The van der Waals surface area contributed by atoms with Crippen molar-refractivity contribution >= 4 is 5.97 Å². The van der Waals surface area contributed by atoms with Gasteiger partial charge < -0.3 is 15.6 Å². The summed E-state index contributed by atoms with van der Waals surface area (Å²) in [5.41, 5.74) is 6.82. The highest BCUT2D eigenvalue weighted by Gasteiger charge is 2.12. The third-order valence-corrected chi connectivity index (χ3v) is 2.35. The van der Waals surface area contributed by atoms with E-state index in [9.17, 15) is 9.90 Å². The number of hydrogen-bond acceptors (Lipinski definition) is 4. The van der Waals surface area contributed by atoms with E-state index in [1.807, 2.05) is 6.92 Å². The first-order valence-electron chi connectivity index (χ1n) is 5.20. The number of hydrogen-bond donors (Lipinski definition) is 2. The van der Waals surface area contributed by atoms with Crippen LogP contribution in [0.4, 0.5) is 0 Å². The SMILES string of the molecule is COC(=O)c1cc(CC[C@H](C)N)ccc1O. The number of nitrogens with two attached hydrogens (primary N) is 1. The minimum atomic E-state index is -0.528. The number of phenols is 1. The van der Waals surface area contributed by atoms with E-state index in [2.05, 4.69) is 4.74 Å². The predicted molar refractivity (Wildman–Crippen MR) is 61.4 cm³/mol. The zero-order valence-corrected chi connectivity index (χ0v) is 9.56. The van der Waals surface area contributed by atoms with E-state index in [-0.39, 0.29) is 17.4 Å². The van der Waals surface area contributed by atoms with Gasteiger partial charge in [0.15, 0.2) is 0 Å². The highest BCUT2D eigenvalue weighted by molar-refractivity contribution is 5.92. The number of carbonyl (C=O) groups is 1. The minimum absolute atomic E-state index is 0.0589. The molecule has 16 heavy (non-hydrogen) atoms. The molecule has 88 valence electrons. The van der Waals surface area contributed by atoms with Gasteiger partial charge in [-0.25, -0.2) is 4.79 Å². The molecule has 0 fully saturated rings. The Kier molecular flexibility index (Phi) is 4.31. The van der Waals surface area contributed by atoms with Crippen molar-refractivity contribution in [2.45, 2.75) is 25.8 Å². The Morgan fingerprint density at radius 2 is 2.25 bits per heavy atom. The van der Waals surface area contributed by atoms with Crippen LogP contribution in [-0.4, -0.2) is 24.2 Å². The highest BCUT2D eigenvalue weighted by Crippen LogP contribution is 2.20. The maximum atomic E-state index is 11.3. The molecule has 1 rings (SSSR count). The first kappa shape index (κ1) is 12.5. The van der Waals surface area contributed by atoms with Crippen molar-refractivity contribution in [1.82, 2.24) is 0 Å². The lowest BCUT2D eigenvalue weighted by Crippen LogP contribution is -2.15. The second-order valence-corrected chi connectivity index (χ2v) is 3.86. The van der Waals surface area contributed by atoms with E-state index in [1.54, 1.807) is 12.1 Å². The molecule has 0 aliphatic rings. The molecule has 4 nitrogen and oxygen atoms in total. The van der Waals surface area contributed by atoms with Crippen LogP contribution in [0.3, 0.4) is 0 Å². The summed E-state index contributed by atoms with van der Waals surface area (Å²) in [6.07, 6.45) is 1.62. The van der Waals surface area contributed by atoms with Crippen molar-refractivity contribution < 1.29 is 14.6 Å². The third-order valence-electron chi connectivity index (χ3n) is 2.35. The number of benzene rings is 1. The monoisotopic (exact) mass is 223 g/mol. The molecule has 1 aromatic rings. The molecular weight excluding hydrogens is 206 g/mol. The Balaban J connectivity index is 2.85. The van der Waals surface area contributed by atoms with E-state index in [0.717, 1.165) is 18.4 Å². The number of phenolic OH excluding ortho intramolecular Hbond substituents is 1. The Morgan fingerprint density at radius 1 is 1.56 bits per heavy atom. The van der Waals surface area contributed by atoms with Gasteiger partial charge in [0.05, 0.1) is 7.11 Å². The molecule has 1 aromatic carbocycles. The molecule has 0 unspecified atom stereocenters. The van der Waals surface area contributed by atoms with Gasteiger partial charge in [0.25, 0.3) is 0 Å². The Labute approximate surface area is 95.0 Å². The van der Waals surface area contributed by atoms with Crippen molar-refractivity contribution in [3.05, 3.63) is 29.3 Å². The lowest BCUT2D eigenvalue weighted by atomic mass is 10.0. The van der Waals surface area contributed by atoms with Crippen LogP contribution in [0.15, 0.2) is 18.2 Å². The summed E-state index contributed by atoms with van der Waals surface area (Å²) < 4.78 is 4.57. The van der Waals surface area contributed by atoms with Crippen LogP contribution in [0.25, 0.3) is 0 Å². The third kappa shape index (κ3) is 3.24. The summed E-state index contributed by atoms with van der Waals surface area (Å²) in [5, 5.41) is 9.49. The maximum absolute atomic E-state index is 11.3. The number of ether oxygens (including phenoxy) is 1. The lowest BCUT2D eigenvalue weighted by molar-refractivity contribution is 0.0597. The van der Waals surface area contributed by atoms with Gasteiger partial charge in [-0.3, -0.25) is 0 Å². The molecule has 0 saturated heterocycles. The Morgan fingerprint density at radius 3 is 2.81 bits per heavy atom. The first-order valence-corrected chi connectivity index (χ1v) is 5.20. The van der Waals surface area contributed by atoms with E-state index in [1.165, 1.54) is 13.2 Å². The van der Waals surface area contributed by atoms with Crippen molar-refractivity contribution in [3.63, 3.8) is 0 Å². The van der Waals surface area contributed by atoms with Gasteiger partial charge in [-0.05, 0) is 37.5 Å². The molecule has 0 bridgehead atoms. The fourth-order valence-corrected chi connectivity index (χ4v) is 1.41. The predicted octanol–water partition coefficient (Wildman–Crippen LogP) is 1.46. The zero-order valence-electron chi connectivity index (χ0n) is 9.56.